The van der Waals surface area contributed by atoms with E-state index in [4.69, 9.17) is 14.2 Å². The highest BCUT2D eigenvalue weighted by atomic mass is 32.2. The summed E-state index contributed by atoms with van der Waals surface area (Å²) in [5.41, 5.74) is -0.00667. The molecule has 2 amide bonds. The Balaban J connectivity index is 1.91. The smallest absolute Gasteiger partial charge is 0.302 e. The van der Waals surface area contributed by atoms with Crippen LogP contribution in [0, 0.1) is 0 Å². The van der Waals surface area contributed by atoms with Gasteiger partial charge in [-0.05, 0) is 18.4 Å². The second-order valence-electron chi connectivity index (χ2n) is 6.56. The molecule has 150 valence electrons. The Morgan fingerprint density at radius 1 is 1.14 bits per heavy atom. The Labute approximate surface area is 166 Å². The normalized spacial score (nSPS) is 26.8. The van der Waals surface area contributed by atoms with Crippen molar-refractivity contribution in [2.45, 2.75) is 44.0 Å². The number of thioether (sulfide) groups is 1. The molecular weight excluding hydrogens is 386 g/mol. The first kappa shape index (κ1) is 20.3. The summed E-state index contributed by atoms with van der Waals surface area (Å²) >= 11 is 1.29. The zero-order chi connectivity index (χ0) is 20.4. The summed E-state index contributed by atoms with van der Waals surface area (Å²) in [6.07, 6.45) is 0.681. The van der Waals surface area contributed by atoms with E-state index in [1.807, 2.05) is 0 Å². The van der Waals surface area contributed by atoms with E-state index in [0.717, 1.165) is 4.90 Å². The molecule has 0 saturated carbocycles. The van der Waals surface area contributed by atoms with Crippen molar-refractivity contribution in [2.75, 3.05) is 12.9 Å². The van der Waals surface area contributed by atoms with Gasteiger partial charge in [-0.15, -0.1) is 11.8 Å². The van der Waals surface area contributed by atoms with E-state index in [9.17, 15) is 19.2 Å². The van der Waals surface area contributed by atoms with E-state index in [0.29, 0.717) is 11.1 Å². The molecule has 2 aliphatic heterocycles. The van der Waals surface area contributed by atoms with Gasteiger partial charge in [0.15, 0.2) is 0 Å². The molecule has 0 spiro atoms. The van der Waals surface area contributed by atoms with E-state index in [-0.39, 0.29) is 13.0 Å². The predicted octanol–water partition coefficient (Wildman–Crippen LogP) is 1.62. The first-order valence-electron chi connectivity index (χ1n) is 8.79. The number of benzene rings is 1. The zero-order valence-electron chi connectivity index (χ0n) is 15.7. The lowest BCUT2D eigenvalue weighted by Gasteiger charge is -2.43. The number of nitrogens with zero attached hydrogens (tertiary/aromatic N) is 1. The van der Waals surface area contributed by atoms with E-state index < -0.39 is 47.4 Å². The monoisotopic (exact) mass is 407 g/mol. The van der Waals surface area contributed by atoms with Crippen LogP contribution in [0.4, 0.5) is 0 Å². The molecule has 0 aromatic heterocycles. The first-order chi connectivity index (χ1) is 13.3. The van der Waals surface area contributed by atoms with Crippen LogP contribution in [0.15, 0.2) is 24.3 Å². The van der Waals surface area contributed by atoms with Crippen LogP contribution >= 0.6 is 11.8 Å². The molecule has 9 heteroatoms. The second-order valence-corrected chi connectivity index (χ2v) is 7.50. The molecule has 4 atom stereocenters. The van der Waals surface area contributed by atoms with Crippen LogP contribution in [-0.4, -0.2) is 65.2 Å². The van der Waals surface area contributed by atoms with Crippen LogP contribution in [-0.2, 0) is 23.8 Å². The molecule has 2 heterocycles. The van der Waals surface area contributed by atoms with Gasteiger partial charge in [-0.1, -0.05) is 12.1 Å². The van der Waals surface area contributed by atoms with Crippen molar-refractivity contribution in [3.05, 3.63) is 35.4 Å². The summed E-state index contributed by atoms with van der Waals surface area (Å²) in [5, 5.41) is 0. The van der Waals surface area contributed by atoms with Crippen molar-refractivity contribution in [3.8, 4) is 0 Å². The molecule has 4 unspecified atom stereocenters. The summed E-state index contributed by atoms with van der Waals surface area (Å²) in [4.78, 5) is 49.8. The van der Waals surface area contributed by atoms with Gasteiger partial charge < -0.3 is 14.2 Å². The van der Waals surface area contributed by atoms with Gasteiger partial charge in [-0.2, -0.15) is 0 Å². The fourth-order valence-corrected chi connectivity index (χ4v) is 4.35. The van der Waals surface area contributed by atoms with Crippen molar-refractivity contribution in [1.29, 1.82) is 0 Å². The molecule has 8 nitrogen and oxygen atoms in total. The lowest BCUT2D eigenvalue weighted by Crippen LogP contribution is -2.59. The topological polar surface area (TPSA) is 99.2 Å². The summed E-state index contributed by atoms with van der Waals surface area (Å²) in [6, 6.07) is 5.78. The highest BCUT2D eigenvalue weighted by molar-refractivity contribution is 7.99. The number of fused-ring (bicyclic) bond motifs is 1. The zero-order valence-corrected chi connectivity index (χ0v) is 16.6. The molecule has 28 heavy (non-hydrogen) atoms. The summed E-state index contributed by atoms with van der Waals surface area (Å²) in [7, 11) is 0. The van der Waals surface area contributed by atoms with Crippen LogP contribution < -0.4 is 0 Å². The Morgan fingerprint density at radius 3 is 2.25 bits per heavy atom. The van der Waals surface area contributed by atoms with E-state index in [1.165, 1.54) is 25.6 Å². The summed E-state index contributed by atoms with van der Waals surface area (Å²) in [5.74, 6) is -1.86. The summed E-state index contributed by atoms with van der Waals surface area (Å²) < 4.78 is 16.4. The predicted molar refractivity (Wildman–Crippen MR) is 99.7 cm³/mol. The van der Waals surface area contributed by atoms with Gasteiger partial charge in [-0.25, -0.2) is 0 Å². The molecular formula is C19H21NO7S. The van der Waals surface area contributed by atoms with Gasteiger partial charge in [0.1, 0.15) is 24.2 Å². The SMILES string of the molecule is CSC1OC(COC(C)=O)CC(OC(C)=O)C1N1C(=O)c2ccccc2C1=O. The van der Waals surface area contributed by atoms with Gasteiger partial charge in [0, 0.05) is 20.3 Å². The Hall–Kier alpha value is -2.39. The number of hydrogen-bond donors (Lipinski definition) is 0. The van der Waals surface area contributed by atoms with Crippen LogP contribution in [0.2, 0.25) is 0 Å². The average molecular weight is 407 g/mol. The maximum Gasteiger partial charge on any atom is 0.302 e. The Morgan fingerprint density at radius 2 is 1.75 bits per heavy atom. The van der Waals surface area contributed by atoms with Crippen molar-refractivity contribution in [1.82, 2.24) is 4.90 Å². The van der Waals surface area contributed by atoms with Crippen LogP contribution in [0.3, 0.4) is 0 Å². The van der Waals surface area contributed by atoms with Crippen molar-refractivity contribution in [3.63, 3.8) is 0 Å². The molecule has 2 aliphatic rings. The Bertz CT molecular complexity index is 776. The van der Waals surface area contributed by atoms with Crippen LogP contribution in [0.25, 0.3) is 0 Å². The van der Waals surface area contributed by atoms with Gasteiger partial charge in [0.2, 0.25) is 0 Å². The largest absolute Gasteiger partial charge is 0.463 e. The highest BCUT2D eigenvalue weighted by Gasteiger charge is 2.51. The van der Waals surface area contributed by atoms with E-state index in [1.54, 1.807) is 30.5 Å². The number of hydrogen-bond acceptors (Lipinski definition) is 8. The van der Waals surface area contributed by atoms with E-state index >= 15 is 0 Å². The molecule has 1 saturated heterocycles. The quantitative estimate of drug-likeness (QED) is 0.536. The maximum atomic E-state index is 12.9. The molecule has 0 bridgehead atoms. The van der Waals surface area contributed by atoms with E-state index in [2.05, 4.69) is 0 Å². The number of esters is 2. The number of imide groups is 1. The van der Waals surface area contributed by atoms with Crippen molar-refractivity contribution in [2.24, 2.45) is 0 Å². The first-order valence-corrected chi connectivity index (χ1v) is 10.1. The number of carbonyl (C=O) groups excluding carboxylic acids is 4. The lowest BCUT2D eigenvalue weighted by atomic mass is 9.99. The van der Waals surface area contributed by atoms with Crippen molar-refractivity contribution < 1.29 is 33.4 Å². The van der Waals surface area contributed by atoms with Crippen LogP contribution in [0.1, 0.15) is 41.0 Å². The fraction of sp³-hybridized carbons (Fsp3) is 0.474. The Kier molecular flexibility index (Phi) is 6.04. The number of carbonyl (C=O) groups is 4. The third-order valence-corrected chi connectivity index (χ3v) is 5.48. The molecule has 1 aromatic rings. The number of ether oxygens (including phenoxy) is 3. The molecule has 0 aliphatic carbocycles. The van der Waals surface area contributed by atoms with Gasteiger partial charge >= 0.3 is 11.9 Å². The average Bonchev–Trinajstić information content (AvgIpc) is 2.90. The van der Waals surface area contributed by atoms with Crippen molar-refractivity contribution >= 4 is 35.5 Å². The molecule has 0 N–H and O–H groups in total. The molecule has 0 radical (unpaired) electrons. The summed E-state index contributed by atoms with van der Waals surface area (Å²) in [6.45, 7) is 2.56. The third-order valence-electron chi connectivity index (χ3n) is 4.63. The maximum absolute atomic E-state index is 12.9. The third kappa shape index (κ3) is 3.90. The molecule has 3 rings (SSSR count). The van der Waals surface area contributed by atoms with Gasteiger partial charge in [0.05, 0.1) is 17.2 Å². The molecule has 1 aromatic carbocycles. The van der Waals surface area contributed by atoms with Gasteiger partial charge in [-0.3, -0.25) is 24.1 Å². The lowest BCUT2D eigenvalue weighted by molar-refractivity contribution is -0.171. The second kappa shape index (κ2) is 8.32. The fourth-order valence-electron chi connectivity index (χ4n) is 3.51. The minimum Gasteiger partial charge on any atom is -0.463 e. The minimum atomic E-state index is -0.792. The molecule has 1 fully saturated rings. The van der Waals surface area contributed by atoms with Crippen LogP contribution in [0.5, 0.6) is 0 Å². The minimum absolute atomic E-state index is 0.000996. The number of rotatable bonds is 5. The highest BCUT2D eigenvalue weighted by Crippen LogP contribution is 2.36. The number of amides is 2. The van der Waals surface area contributed by atoms with Gasteiger partial charge in [0.25, 0.3) is 11.8 Å². The standard InChI is InChI=1S/C19H21NO7S/c1-10(21)25-9-12-8-15(26-11(2)22)16(19(27-12)28-3)20-17(23)13-6-4-5-7-14(13)18(20)24/h4-7,12,15-16,19H,8-9H2,1-3H3.